The number of benzene rings is 1. The third kappa shape index (κ3) is 5.71. The minimum absolute atomic E-state index is 0.254. The number of hydrogen-bond acceptors (Lipinski definition) is 2. The van der Waals surface area contributed by atoms with Crippen molar-refractivity contribution >= 4 is 6.01 Å². The Morgan fingerprint density at radius 2 is 1.85 bits per heavy atom. The van der Waals surface area contributed by atoms with E-state index in [9.17, 15) is 0 Å². The van der Waals surface area contributed by atoms with Crippen LogP contribution in [0.3, 0.4) is 0 Å². The molecule has 1 atom stereocenters. The van der Waals surface area contributed by atoms with Gasteiger partial charge in [0.1, 0.15) is 0 Å². The molecule has 0 N–H and O–H groups in total. The molecule has 0 aliphatic heterocycles. The summed E-state index contributed by atoms with van der Waals surface area (Å²) in [5.74, 6) is 0.678. The van der Waals surface area contributed by atoms with Crippen molar-refractivity contribution in [3.05, 3.63) is 35.9 Å². The standard InChI is InChI=1S/C18H28N2/c1-5-7-11-16(6-2)14-19-15-20-18(3,4)17-12-9-8-10-13-17/h8-10,12-13,16H,5-7,11,14H2,1-4H3. The van der Waals surface area contributed by atoms with Gasteiger partial charge in [0.2, 0.25) is 0 Å². The first kappa shape index (κ1) is 16.7. The smallest absolute Gasteiger partial charge is 0.0910 e. The van der Waals surface area contributed by atoms with Gasteiger partial charge in [-0.15, -0.1) is 0 Å². The molecule has 0 saturated carbocycles. The molecule has 20 heavy (non-hydrogen) atoms. The van der Waals surface area contributed by atoms with Crippen LogP contribution in [0.2, 0.25) is 0 Å². The fourth-order valence-electron chi connectivity index (χ4n) is 2.16. The molecule has 1 aromatic carbocycles. The zero-order valence-corrected chi connectivity index (χ0v) is 13.4. The van der Waals surface area contributed by atoms with Crippen molar-refractivity contribution in [2.24, 2.45) is 15.9 Å². The van der Waals surface area contributed by atoms with Crippen LogP contribution in [0.5, 0.6) is 0 Å². The van der Waals surface area contributed by atoms with Gasteiger partial charge in [-0.3, -0.25) is 0 Å². The van der Waals surface area contributed by atoms with Gasteiger partial charge >= 0.3 is 0 Å². The summed E-state index contributed by atoms with van der Waals surface area (Å²) in [7, 11) is 0. The molecular weight excluding hydrogens is 244 g/mol. The SMILES string of the molecule is CCCCC(CC)CN=C=NC(C)(C)c1ccccc1. The van der Waals surface area contributed by atoms with Crippen LogP contribution in [-0.2, 0) is 5.54 Å². The summed E-state index contributed by atoms with van der Waals surface area (Å²) in [4.78, 5) is 8.89. The Labute approximate surface area is 124 Å². The van der Waals surface area contributed by atoms with E-state index >= 15 is 0 Å². The van der Waals surface area contributed by atoms with E-state index in [0.717, 1.165) is 6.54 Å². The Morgan fingerprint density at radius 3 is 2.45 bits per heavy atom. The second-order valence-corrected chi connectivity index (χ2v) is 5.89. The molecule has 1 aromatic rings. The van der Waals surface area contributed by atoms with E-state index in [1.807, 2.05) is 18.2 Å². The summed E-state index contributed by atoms with van der Waals surface area (Å²) in [5.41, 5.74) is 0.941. The van der Waals surface area contributed by atoms with Crippen LogP contribution in [0, 0.1) is 5.92 Å². The molecule has 2 nitrogen and oxygen atoms in total. The predicted molar refractivity (Wildman–Crippen MR) is 87.5 cm³/mol. The van der Waals surface area contributed by atoms with E-state index in [-0.39, 0.29) is 5.54 Å². The maximum absolute atomic E-state index is 4.50. The van der Waals surface area contributed by atoms with Crippen molar-refractivity contribution in [2.75, 3.05) is 6.54 Å². The van der Waals surface area contributed by atoms with Gasteiger partial charge in [-0.1, -0.05) is 63.4 Å². The predicted octanol–water partition coefficient (Wildman–Crippen LogP) is 5.31. The van der Waals surface area contributed by atoms with Crippen molar-refractivity contribution in [2.45, 2.75) is 58.9 Å². The van der Waals surface area contributed by atoms with Crippen LogP contribution in [0.4, 0.5) is 0 Å². The third-order valence-corrected chi connectivity index (χ3v) is 3.77. The van der Waals surface area contributed by atoms with Crippen molar-refractivity contribution in [1.29, 1.82) is 0 Å². The molecule has 0 radical (unpaired) electrons. The molecule has 0 aliphatic carbocycles. The Morgan fingerprint density at radius 1 is 1.15 bits per heavy atom. The molecule has 1 unspecified atom stereocenters. The summed E-state index contributed by atoms with van der Waals surface area (Å²) in [6, 6.07) is 13.2. The van der Waals surface area contributed by atoms with E-state index in [1.54, 1.807) is 0 Å². The molecular formula is C18H28N2. The minimum Gasteiger partial charge on any atom is -0.225 e. The summed E-state index contributed by atoms with van der Waals surface area (Å²) < 4.78 is 0. The first-order chi connectivity index (χ1) is 9.60. The second-order valence-electron chi connectivity index (χ2n) is 5.89. The highest BCUT2D eigenvalue weighted by molar-refractivity contribution is 5.43. The summed E-state index contributed by atoms with van der Waals surface area (Å²) in [6.45, 7) is 9.52. The van der Waals surface area contributed by atoms with Gasteiger partial charge in [0.15, 0.2) is 0 Å². The average molecular weight is 272 g/mol. The first-order valence-electron chi connectivity index (χ1n) is 7.79. The number of nitrogens with zero attached hydrogens (tertiary/aromatic N) is 2. The summed E-state index contributed by atoms with van der Waals surface area (Å²) >= 11 is 0. The van der Waals surface area contributed by atoms with Crippen LogP contribution in [-0.4, -0.2) is 12.6 Å². The van der Waals surface area contributed by atoms with Crippen molar-refractivity contribution < 1.29 is 0 Å². The molecule has 1 rings (SSSR count). The monoisotopic (exact) mass is 272 g/mol. The Hall–Kier alpha value is -1.40. The number of hydrogen-bond donors (Lipinski definition) is 0. The zero-order chi connectivity index (χ0) is 14.8. The number of unbranched alkanes of at least 4 members (excludes halogenated alkanes) is 1. The number of rotatable bonds is 8. The third-order valence-electron chi connectivity index (χ3n) is 3.77. The summed E-state index contributed by atoms with van der Waals surface area (Å²) in [5, 5.41) is 0. The maximum atomic E-state index is 4.50. The van der Waals surface area contributed by atoms with E-state index < -0.39 is 0 Å². The molecule has 0 bridgehead atoms. The van der Waals surface area contributed by atoms with Crippen LogP contribution in [0.25, 0.3) is 0 Å². The maximum Gasteiger partial charge on any atom is 0.0910 e. The van der Waals surface area contributed by atoms with Gasteiger partial charge in [0.05, 0.1) is 18.1 Å². The van der Waals surface area contributed by atoms with E-state index in [1.165, 1.54) is 31.2 Å². The lowest BCUT2D eigenvalue weighted by molar-refractivity contribution is 0.463. The van der Waals surface area contributed by atoms with Crippen LogP contribution in [0.1, 0.15) is 58.9 Å². The molecule has 0 aromatic heterocycles. The Bertz CT molecular complexity index is 428. The lowest BCUT2D eigenvalue weighted by Gasteiger charge is -2.17. The zero-order valence-electron chi connectivity index (χ0n) is 13.4. The average Bonchev–Trinajstić information content (AvgIpc) is 2.47. The van der Waals surface area contributed by atoms with Gasteiger partial charge in [0, 0.05) is 0 Å². The van der Waals surface area contributed by atoms with E-state index in [4.69, 9.17) is 0 Å². The van der Waals surface area contributed by atoms with E-state index in [2.05, 4.69) is 55.8 Å². The van der Waals surface area contributed by atoms with E-state index in [0.29, 0.717) is 5.92 Å². The van der Waals surface area contributed by atoms with Crippen molar-refractivity contribution in [1.82, 2.24) is 0 Å². The fraction of sp³-hybridized carbons (Fsp3) is 0.611. The minimum atomic E-state index is -0.254. The quantitative estimate of drug-likeness (QED) is 0.573. The van der Waals surface area contributed by atoms with Gasteiger partial charge < -0.3 is 0 Å². The molecule has 0 saturated heterocycles. The lowest BCUT2D eigenvalue weighted by Crippen LogP contribution is -2.13. The lowest BCUT2D eigenvalue weighted by atomic mass is 9.95. The molecule has 0 heterocycles. The molecule has 110 valence electrons. The largest absolute Gasteiger partial charge is 0.225 e. The summed E-state index contributed by atoms with van der Waals surface area (Å²) in [6.07, 6.45) is 5.00. The normalized spacial score (nSPS) is 12.6. The van der Waals surface area contributed by atoms with Gasteiger partial charge in [-0.05, 0) is 31.7 Å². The Kier molecular flexibility index (Phi) is 7.25. The first-order valence-corrected chi connectivity index (χ1v) is 7.79. The van der Waals surface area contributed by atoms with Gasteiger partial charge in [-0.25, -0.2) is 9.98 Å². The molecule has 0 spiro atoms. The molecule has 2 heteroatoms. The highest BCUT2D eigenvalue weighted by Gasteiger charge is 2.17. The topological polar surface area (TPSA) is 24.7 Å². The van der Waals surface area contributed by atoms with Crippen LogP contribution in [0.15, 0.2) is 40.3 Å². The number of aliphatic imine (C=N–C) groups is 2. The second kappa shape index (κ2) is 8.71. The van der Waals surface area contributed by atoms with Gasteiger partial charge in [0.25, 0.3) is 0 Å². The van der Waals surface area contributed by atoms with Crippen molar-refractivity contribution in [3.8, 4) is 0 Å². The Balaban J connectivity index is 2.59. The molecule has 0 aliphatic rings. The van der Waals surface area contributed by atoms with Crippen LogP contribution >= 0.6 is 0 Å². The fourth-order valence-corrected chi connectivity index (χ4v) is 2.16. The highest BCUT2D eigenvalue weighted by Crippen LogP contribution is 2.23. The van der Waals surface area contributed by atoms with Crippen molar-refractivity contribution in [3.63, 3.8) is 0 Å². The highest BCUT2D eigenvalue weighted by atomic mass is 14.9. The molecule has 0 amide bonds. The van der Waals surface area contributed by atoms with Gasteiger partial charge in [-0.2, -0.15) is 0 Å². The van der Waals surface area contributed by atoms with Crippen LogP contribution < -0.4 is 0 Å². The molecule has 0 fully saturated rings.